The molecule has 3 aromatic carbocycles. The van der Waals surface area contributed by atoms with Crippen LogP contribution in [0.15, 0.2) is 66.4 Å². The summed E-state index contributed by atoms with van der Waals surface area (Å²) in [4.78, 5) is 27.7. The molecule has 0 bridgehead atoms. The standard InChI is InChI=1S/C28H26F2N2O2/c1-16-6-12-21(17(2)14-16)24-25(31-20-10-7-18(8-11-20)28(3,4)5)27(34)32(26(24)33)23-15-19(29)9-13-22(23)30/h6-15,31H,1-5H3. The first-order chi connectivity index (χ1) is 16.0. The predicted molar refractivity (Wildman–Crippen MR) is 130 cm³/mol. The second kappa shape index (κ2) is 8.52. The molecule has 1 N–H and O–H groups in total. The van der Waals surface area contributed by atoms with Gasteiger partial charge in [0.05, 0.1) is 11.3 Å². The van der Waals surface area contributed by atoms with E-state index in [4.69, 9.17) is 0 Å². The molecule has 4 nitrogen and oxygen atoms in total. The number of hydrogen-bond donors (Lipinski definition) is 1. The molecule has 3 aromatic rings. The smallest absolute Gasteiger partial charge is 0.282 e. The van der Waals surface area contributed by atoms with Crippen LogP contribution >= 0.6 is 0 Å². The van der Waals surface area contributed by atoms with Crippen molar-refractivity contribution >= 4 is 28.8 Å². The number of benzene rings is 3. The van der Waals surface area contributed by atoms with Crippen LogP contribution in [0, 0.1) is 25.5 Å². The molecule has 0 saturated carbocycles. The third-order valence-corrected chi connectivity index (χ3v) is 5.90. The monoisotopic (exact) mass is 460 g/mol. The summed E-state index contributed by atoms with van der Waals surface area (Å²) in [7, 11) is 0. The highest BCUT2D eigenvalue weighted by Crippen LogP contribution is 2.36. The minimum Gasteiger partial charge on any atom is -0.350 e. The Kier molecular flexibility index (Phi) is 5.86. The maximum absolute atomic E-state index is 14.6. The van der Waals surface area contributed by atoms with Crippen LogP contribution in [-0.2, 0) is 15.0 Å². The quantitative estimate of drug-likeness (QED) is 0.467. The number of anilines is 2. The van der Waals surface area contributed by atoms with E-state index in [0.29, 0.717) is 16.2 Å². The number of halogens is 2. The lowest BCUT2D eigenvalue weighted by molar-refractivity contribution is -0.120. The Hall–Kier alpha value is -3.80. The van der Waals surface area contributed by atoms with E-state index in [1.807, 2.05) is 50.2 Å². The van der Waals surface area contributed by atoms with Crippen molar-refractivity contribution in [3.8, 4) is 0 Å². The van der Waals surface area contributed by atoms with E-state index in [9.17, 15) is 18.4 Å². The number of amides is 2. The number of carbonyl (C=O) groups excluding carboxylic acids is 2. The summed E-state index contributed by atoms with van der Waals surface area (Å²) in [6.45, 7) is 10.1. The maximum atomic E-state index is 14.6. The summed E-state index contributed by atoms with van der Waals surface area (Å²) in [5.74, 6) is -3.07. The number of nitrogens with zero attached hydrogens (tertiary/aromatic N) is 1. The summed E-state index contributed by atoms with van der Waals surface area (Å²) >= 11 is 0. The van der Waals surface area contributed by atoms with Crippen molar-refractivity contribution in [2.24, 2.45) is 0 Å². The molecule has 174 valence electrons. The van der Waals surface area contributed by atoms with Crippen molar-refractivity contribution in [3.05, 3.63) is 100 Å². The van der Waals surface area contributed by atoms with Crippen LogP contribution < -0.4 is 10.2 Å². The third kappa shape index (κ3) is 4.23. The van der Waals surface area contributed by atoms with Gasteiger partial charge < -0.3 is 5.32 Å². The maximum Gasteiger partial charge on any atom is 0.282 e. The zero-order valence-electron chi connectivity index (χ0n) is 19.8. The average Bonchev–Trinajstić information content (AvgIpc) is 2.99. The number of aryl methyl sites for hydroxylation is 2. The Morgan fingerprint density at radius 3 is 2.12 bits per heavy atom. The molecule has 2 amide bonds. The van der Waals surface area contributed by atoms with Crippen LogP contribution in [0.4, 0.5) is 20.2 Å². The van der Waals surface area contributed by atoms with Gasteiger partial charge in [-0.1, -0.05) is 56.7 Å². The summed E-state index contributed by atoms with van der Waals surface area (Å²) in [6.07, 6.45) is 0. The molecule has 1 aliphatic rings. The number of hydrogen-bond acceptors (Lipinski definition) is 3. The Morgan fingerprint density at radius 2 is 1.50 bits per heavy atom. The van der Waals surface area contributed by atoms with E-state index in [2.05, 4.69) is 26.1 Å². The molecule has 0 saturated heterocycles. The van der Waals surface area contributed by atoms with Gasteiger partial charge in [-0.15, -0.1) is 0 Å². The summed E-state index contributed by atoms with van der Waals surface area (Å²) in [5.41, 5.74) is 3.72. The van der Waals surface area contributed by atoms with Gasteiger partial charge in [-0.05, 0) is 60.2 Å². The van der Waals surface area contributed by atoms with Crippen molar-refractivity contribution in [2.75, 3.05) is 10.2 Å². The number of carbonyl (C=O) groups is 2. The highest BCUT2D eigenvalue weighted by atomic mass is 19.1. The second-order valence-corrected chi connectivity index (χ2v) is 9.56. The van der Waals surface area contributed by atoms with E-state index < -0.39 is 29.1 Å². The third-order valence-electron chi connectivity index (χ3n) is 5.90. The van der Waals surface area contributed by atoms with Crippen LogP contribution in [0.2, 0.25) is 0 Å². The van der Waals surface area contributed by atoms with Crippen molar-refractivity contribution in [1.82, 2.24) is 0 Å². The van der Waals surface area contributed by atoms with Crippen LogP contribution in [0.5, 0.6) is 0 Å². The Balaban J connectivity index is 1.84. The molecular formula is C28H26F2N2O2. The molecule has 0 atom stereocenters. The van der Waals surface area contributed by atoms with Crippen LogP contribution in [-0.4, -0.2) is 11.8 Å². The number of nitrogens with one attached hydrogen (secondary N) is 1. The summed E-state index contributed by atoms with van der Waals surface area (Å²) in [5, 5.41) is 3.08. The first-order valence-electron chi connectivity index (χ1n) is 11.0. The Morgan fingerprint density at radius 1 is 0.824 bits per heavy atom. The first kappa shape index (κ1) is 23.4. The topological polar surface area (TPSA) is 49.4 Å². The lowest BCUT2D eigenvalue weighted by Gasteiger charge is -2.19. The number of imide groups is 1. The van der Waals surface area contributed by atoms with E-state index in [-0.39, 0.29) is 16.7 Å². The largest absolute Gasteiger partial charge is 0.350 e. The lowest BCUT2D eigenvalue weighted by atomic mass is 9.87. The molecule has 0 radical (unpaired) electrons. The fraction of sp³-hybridized carbons (Fsp3) is 0.214. The van der Waals surface area contributed by atoms with Gasteiger partial charge in [0.1, 0.15) is 17.3 Å². The summed E-state index contributed by atoms with van der Waals surface area (Å²) in [6, 6.07) is 15.8. The fourth-order valence-corrected chi connectivity index (χ4v) is 4.06. The zero-order valence-corrected chi connectivity index (χ0v) is 19.8. The minimum absolute atomic E-state index is 0.0177. The summed E-state index contributed by atoms with van der Waals surface area (Å²) < 4.78 is 28.5. The van der Waals surface area contributed by atoms with Gasteiger partial charge >= 0.3 is 0 Å². The predicted octanol–water partition coefficient (Wildman–Crippen LogP) is 6.28. The Labute approximate surface area is 197 Å². The van der Waals surface area contributed by atoms with Crippen molar-refractivity contribution < 1.29 is 18.4 Å². The van der Waals surface area contributed by atoms with Crippen molar-refractivity contribution in [1.29, 1.82) is 0 Å². The molecule has 1 aliphatic heterocycles. The normalized spacial score (nSPS) is 14.3. The van der Waals surface area contributed by atoms with Crippen LogP contribution in [0.3, 0.4) is 0 Å². The van der Waals surface area contributed by atoms with Gasteiger partial charge in [-0.2, -0.15) is 0 Å². The molecular weight excluding hydrogens is 434 g/mol. The number of rotatable bonds is 4. The molecule has 0 aromatic heterocycles. The van der Waals surface area contributed by atoms with E-state index in [0.717, 1.165) is 34.9 Å². The fourth-order valence-electron chi connectivity index (χ4n) is 4.06. The zero-order chi connectivity index (χ0) is 24.8. The molecule has 0 aliphatic carbocycles. The van der Waals surface area contributed by atoms with Gasteiger partial charge in [0, 0.05) is 11.8 Å². The first-order valence-corrected chi connectivity index (χ1v) is 11.0. The van der Waals surface area contributed by atoms with Gasteiger partial charge in [0.2, 0.25) is 0 Å². The van der Waals surface area contributed by atoms with Gasteiger partial charge in [0.15, 0.2) is 0 Å². The van der Waals surface area contributed by atoms with Crippen LogP contribution in [0.1, 0.15) is 43.0 Å². The van der Waals surface area contributed by atoms with E-state index in [1.165, 1.54) is 0 Å². The molecule has 1 heterocycles. The molecule has 0 spiro atoms. The SMILES string of the molecule is Cc1ccc(C2=C(Nc3ccc(C(C)(C)C)cc3)C(=O)N(c3cc(F)ccc3F)C2=O)c(C)c1. The van der Waals surface area contributed by atoms with Gasteiger partial charge in [-0.3, -0.25) is 9.59 Å². The van der Waals surface area contributed by atoms with Crippen molar-refractivity contribution in [2.45, 2.75) is 40.0 Å². The molecule has 0 unspecified atom stereocenters. The molecule has 0 fully saturated rings. The average molecular weight is 461 g/mol. The van der Waals surface area contributed by atoms with Crippen molar-refractivity contribution in [3.63, 3.8) is 0 Å². The lowest BCUT2D eigenvalue weighted by Crippen LogP contribution is -2.33. The highest BCUT2D eigenvalue weighted by molar-refractivity contribution is 6.46. The van der Waals surface area contributed by atoms with Gasteiger partial charge in [0.25, 0.3) is 11.8 Å². The van der Waals surface area contributed by atoms with E-state index >= 15 is 0 Å². The highest BCUT2D eigenvalue weighted by Gasteiger charge is 2.42. The molecule has 34 heavy (non-hydrogen) atoms. The Bertz CT molecular complexity index is 1340. The second-order valence-electron chi connectivity index (χ2n) is 9.56. The van der Waals surface area contributed by atoms with Crippen LogP contribution in [0.25, 0.3) is 5.57 Å². The molecule has 4 rings (SSSR count). The minimum atomic E-state index is -0.862. The molecule has 6 heteroatoms. The van der Waals surface area contributed by atoms with Gasteiger partial charge in [-0.25, -0.2) is 13.7 Å². The van der Waals surface area contributed by atoms with E-state index in [1.54, 1.807) is 6.07 Å².